The smallest absolute Gasteiger partial charge is 0.298 e. The van der Waals surface area contributed by atoms with Gasteiger partial charge in [0.2, 0.25) is 0 Å². The number of rotatable bonds is 3. The van der Waals surface area contributed by atoms with E-state index in [2.05, 4.69) is 31.9 Å². The van der Waals surface area contributed by atoms with Crippen LogP contribution in [0.3, 0.4) is 0 Å². The van der Waals surface area contributed by atoms with Crippen molar-refractivity contribution in [1.29, 1.82) is 0 Å². The highest BCUT2D eigenvalue weighted by Crippen LogP contribution is 2.29. The van der Waals surface area contributed by atoms with Gasteiger partial charge in [-0.1, -0.05) is 17.7 Å². The number of oxazole rings is 1. The van der Waals surface area contributed by atoms with E-state index < -0.39 is 0 Å². The molecule has 1 aliphatic rings. The summed E-state index contributed by atoms with van der Waals surface area (Å²) in [4.78, 5) is 31.4. The van der Waals surface area contributed by atoms with E-state index in [9.17, 15) is 4.79 Å². The van der Waals surface area contributed by atoms with Crippen LogP contribution in [-0.4, -0.2) is 61.0 Å². The third-order valence-electron chi connectivity index (χ3n) is 6.35. The van der Waals surface area contributed by atoms with E-state index in [0.717, 1.165) is 11.9 Å². The minimum absolute atomic E-state index is 0.000627. The van der Waals surface area contributed by atoms with Gasteiger partial charge in [0.05, 0.1) is 11.3 Å². The van der Waals surface area contributed by atoms with Crippen molar-refractivity contribution in [3.63, 3.8) is 0 Å². The van der Waals surface area contributed by atoms with Crippen LogP contribution in [-0.2, 0) is 0 Å². The number of halogens is 1. The molecule has 35 heavy (non-hydrogen) atoms. The van der Waals surface area contributed by atoms with Gasteiger partial charge in [-0.05, 0) is 49.7 Å². The molecule has 0 saturated carbocycles. The number of carbonyl (C=O) groups excluding carboxylic acids is 1. The Morgan fingerprint density at radius 2 is 1.97 bits per heavy atom. The predicted octanol–water partition coefficient (Wildman–Crippen LogP) is 4.33. The van der Waals surface area contributed by atoms with Crippen LogP contribution in [0.2, 0.25) is 5.02 Å². The van der Waals surface area contributed by atoms with Gasteiger partial charge in [-0.15, -0.1) is 0 Å². The first-order chi connectivity index (χ1) is 17.1. The Labute approximate surface area is 206 Å². The van der Waals surface area contributed by atoms with Crippen molar-refractivity contribution in [2.45, 2.75) is 19.4 Å². The van der Waals surface area contributed by atoms with E-state index in [-0.39, 0.29) is 11.9 Å². The molecule has 1 saturated heterocycles. The zero-order chi connectivity index (χ0) is 23.9. The van der Waals surface area contributed by atoms with Crippen LogP contribution in [0.15, 0.2) is 65.5 Å². The average Bonchev–Trinajstić information content (AvgIpc) is 3.41. The predicted molar refractivity (Wildman–Crippen MR) is 133 cm³/mol. The first kappa shape index (κ1) is 21.5. The molecule has 0 radical (unpaired) electrons. The maximum Gasteiger partial charge on any atom is 0.298 e. The van der Waals surface area contributed by atoms with Crippen LogP contribution in [0.5, 0.6) is 0 Å². The van der Waals surface area contributed by atoms with Crippen molar-refractivity contribution >= 4 is 40.3 Å². The maximum absolute atomic E-state index is 13.9. The highest BCUT2D eigenvalue weighted by Gasteiger charge is 2.32. The molecule has 1 aliphatic heterocycles. The second kappa shape index (κ2) is 8.66. The fourth-order valence-electron chi connectivity index (χ4n) is 4.49. The van der Waals surface area contributed by atoms with Crippen LogP contribution in [0.4, 0.5) is 6.01 Å². The van der Waals surface area contributed by atoms with E-state index in [0.29, 0.717) is 58.9 Å². The summed E-state index contributed by atoms with van der Waals surface area (Å²) in [5.41, 5.74) is 3.66. The Bertz CT molecular complexity index is 1530. The monoisotopic (exact) mass is 487 g/mol. The molecule has 5 aromatic rings. The number of fused-ring (bicyclic) bond motifs is 2. The molecule has 1 amide bonds. The lowest BCUT2D eigenvalue weighted by molar-refractivity contribution is 0.0699. The molecule has 1 fully saturated rings. The van der Waals surface area contributed by atoms with Crippen molar-refractivity contribution < 1.29 is 9.21 Å². The van der Waals surface area contributed by atoms with Gasteiger partial charge in [0.25, 0.3) is 11.9 Å². The number of anilines is 1. The second-order valence-electron chi connectivity index (χ2n) is 8.56. The van der Waals surface area contributed by atoms with Crippen LogP contribution in [0.25, 0.3) is 28.0 Å². The van der Waals surface area contributed by atoms with Crippen molar-refractivity contribution in [2.24, 2.45) is 0 Å². The zero-order valence-electron chi connectivity index (χ0n) is 19.0. The minimum Gasteiger partial charge on any atom is -0.423 e. The number of hydrogen-bond donors (Lipinski definition) is 0. The molecular formula is C25H22ClN7O2. The van der Waals surface area contributed by atoms with Crippen LogP contribution in [0.1, 0.15) is 23.8 Å². The summed E-state index contributed by atoms with van der Waals surface area (Å²) < 4.78 is 7.61. The second-order valence-corrected chi connectivity index (χ2v) is 8.99. The molecule has 0 spiro atoms. The van der Waals surface area contributed by atoms with Gasteiger partial charge in [0.1, 0.15) is 5.52 Å². The first-order valence-corrected chi connectivity index (χ1v) is 11.8. The molecule has 6 rings (SSSR count). The summed E-state index contributed by atoms with van der Waals surface area (Å²) in [6, 6.07) is 13.3. The summed E-state index contributed by atoms with van der Waals surface area (Å²) in [6.45, 7) is 3.86. The molecule has 10 heteroatoms. The van der Waals surface area contributed by atoms with Crippen molar-refractivity contribution in [3.05, 3.63) is 71.8 Å². The number of amides is 1. The Balaban J connectivity index is 1.32. The number of aromatic nitrogens is 5. The summed E-state index contributed by atoms with van der Waals surface area (Å²) in [6.07, 6.45) is 5.95. The lowest BCUT2D eigenvalue weighted by Gasteiger charge is -2.26. The van der Waals surface area contributed by atoms with Gasteiger partial charge in [0.15, 0.2) is 16.9 Å². The van der Waals surface area contributed by atoms with E-state index >= 15 is 0 Å². The number of pyridine rings is 1. The summed E-state index contributed by atoms with van der Waals surface area (Å²) >= 11 is 6.10. The average molecular weight is 488 g/mol. The number of hydrogen-bond acceptors (Lipinski definition) is 7. The highest BCUT2D eigenvalue weighted by molar-refractivity contribution is 6.31. The maximum atomic E-state index is 13.9. The standard InChI is InChI=1S/C25H22ClN7O2/c1-16-8-12-31(25-29-19-15-17(26)6-7-20(19)35-25)13-14-32(16)24(34)22-21(18-5-2-3-9-27-18)23-28-10-4-11-33(23)30-22/h2-7,9-11,15-16H,8,12-14H2,1H3/t16-/m1/s1. The molecule has 1 aromatic carbocycles. The topological polar surface area (TPSA) is 92.7 Å². The Morgan fingerprint density at radius 3 is 2.83 bits per heavy atom. The first-order valence-electron chi connectivity index (χ1n) is 11.5. The van der Waals surface area contributed by atoms with E-state index in [1.54, 1.807) is 41.3 Å². The SMILES string of the molecule is C[C@@H]1CCN(c2nc3cc(Cl)ccc3o2)CCN1C(=O)c1nn2cccnc2c1-c1ccccn1. The normalized spacial score (nSPS) is 16.7. The Hall–Kier alpha value is -3.98. The van der Waals surface area contributed by atoms with Gasteiger partial charge >= 0.3 is 0 Å². The third-order valence-corrected chi connectivity index (χ3v) is 6.58. The van der Waals surface area contributed by atoms with Gasteiger partial charge in [0, 0.05) is 49.3 Å². The van der Waals surface area contributed by atoms with Crippen LogP contribution in [0, 0.1) is 0 Å². The van der Waals surface area contributed by atoms with E-state index in [1.807, 2.05) is 29.2 Å². The molecule has 4 aromatic heterocycles. The quantitative estimate of drug-likeness (QED) is 0.374. The Kier molecular flexibility index (Phi) is 5.33. The van der Waals surface area contributed by atoms with E-state index in [1.165, 1.54) is 0 Å². The molecule has 0 unspecified atom stereocenters. The fourth-order valence-corrected chi connectivity index (χ4v) is 4.66. The number of carbonyl (C=O) groups is 1. The molecule has 1 atom stereocenters. The molecule has 9 nitrogen and oxygen atoms in total. The van der Waals surface area contributed by atoms with E-state index in [4.69, 9.17) is 16.0 Å². The molecule has 0 N–H and O–H groups in total. The van der Waals surface area contributed by atoms with Gasteiger partial charge < -0.3 is 14.2 Å². The molecule has 0 aliphatic carbocycles. The van der Waals surface area contributed by atoms with Crippen molar-refractivity contribution in [3.8, 4) is 11.3 Å². The van der Waals surface area contributed by atoms with Crippen molar-refractivity contribution in [2.75, 3.05) is 24.5 Å². The molecule has 0 bridgehead atoms. The highest BCUT2D eigenvalue weighted by atomic mass is 35.5. The summed E-state index contributed by atoms with van der Waals surface area (Å²) in [5, 5.41) is 5.22. The zero-order valence-corrected chi connectivity index (χ0v) is 19.8. The van der Waals surface area contributed by atoms with Gasteiger partial charge in [-0.2, -0.15) is 10.1 Å². The largest absolute Gasteiger partial charge is 0.423 e. The lowest BCUT2D eigenvalue weighted by Crippen LogP contribution is -2.40. The number of nitrogens with zero attached hydrogens (tertiary/aromatic N) is 7. The lowest BCUT2D eigenvalue weighted by atomic mass is 10.1. The molecular weight excluding hydrogens is 466 g/mol. The van der Waals surface area contributed by atoms with Gasteiger partial charge in [-0.25, -0.2) is 9.50 Å². The number of benzene rings is 1. The minimum atomic E-state index is -0.144. The molecule has 176 valence electrons. The van der Waals surface area contributed by atoms with Gasteiger partial charge in [-0.3, -0.25) is 9.78 Å². The van der Waals surface area contributed by atoms with Crippen LogP contribution < -0.4 is 4.90 Å². The summed E-state index contributed by atoms with van der Waals surface area (Å²) in [5.74, 6) is -0.144. The fraction of sp³-hybridized carbons (Fsp3) is 0.240. The third kappa shape index (κ3) is 3.87. The van der Waals surface area contributed by atoms with Crippen LogP contribution >= 0.6 is 11.6 Å². The summed E-state index contributed by atoms with van der Waals surface area (Å²) in [7, 11) is 0. The Morgan fingerprint density at radius 1 is 1.09 bits per heavy atom. The van der Waals surface area contributed by atoms with Crippen molar-refractivity contribution in [1.82, 2.24) is 29.5 Å². The molecule has 5 heterocycles.